The molecule has 1 heterocycles. The topological polar surface area (TPSA) is 65.9 Å². The predicted molar refractivity (Wildman–Crippen MR) is 67.8 cm³/mol. The van der Waals surface area contributed by atoms with Gasteiger partial charge in [0.25, 0.3) is 0 Å². The zero-order valence-electron chi connectivity index (χ0n) is 9.76. The van der Waals surface area contributed by atoms with Crippen molar-refractivity contribution in [3.05, 3.63) is 47.9 Å². The van der Waals surface area contributed by atoms with E-state index in [0.717, 1.165) is 5.69 Å². The lowest BCUT2D eigenvalue weighted by Crippen LogP contribution is -2.12. The van der Waals surface area contributed by atoms with Crippen LogP contribution in [0.3, 0.4) is 0 Å². The van der Waals surface area contributed by atoms with E-state index in [9.17, 15) is 4.39 Å². The molecule has 0 saturated carbocycles. The molecule has 0 spiro atoms. The number of halogens is 1. The average molecular weight is 242 g/mol. The maximum Gasteiger partial charge on any atom is 0.165 e. The first-order valence-electron chi connectivity index (χ1n) is 5.27. The fourth-order valence-electron chi connectivity index (χ4n) is 1.53. The van der Waals surface area contributed by atoms with Crippen molar-refractivity contribution in [1.29, 1.82) is 5.26 Å². The molecular formula is C13H11FN4. The zero-order valence-corrected chi connectivity index (χ0v) is 9.76. The summed E-state index contributed by atoms with van der Waals surface area (Å²) in [6, 6.07) is 11.3. The maximum absolute atomic E-state index is 12.8. The molecule has 0 bridgehead atoms. The zero-order chi connectivity index (χ0) is 13.1. The summed E-state index contributed by atoms with van der Waals surface area (Å²) in [6.45, 7) is 0. The van der Waals surface area contributed by atoms with Crippen LogP contribution in [0.1, 0.15) is 5.69 Å². The number of pyridine rings is 1. The third kappa shape index (κ3) is 2.23. The van der Waals surface area contributed by atoms with Crippen molar-refractivity contribution in [1.82, 2.24) is 4.98 Å². The van der Waals surface area contributed by atoms with E-state index in [1.807, 2.05) is 6.07 Å². The van der Waals surface area contributed by atoms with Crippen molar-refractivity contribution in [2.24, 2.45) is 0 Å². The molecule has 18 heavy (non-hydrogen) atoms. The van der Waals surface area contributed by atoms with Crippen molar-refractivity contribution in [3.63, 3.8) is 0 Å². The van der Waals surface area contributed by atoms with Gasteiger partial charge in [0, 0.05) is 12.7 Å². The molecule has 0 aliphatic rings. The van der Waals surface area contributed by atoms with Crippen LogP contribution in [0.15, 0.2) is 36.4 Å². The van der Waals surface area contributed by atoms with E-state index in [1.165, 1.54) is 12.1 Å². The van der Waals surface area contributed by atoms with E-state index in [4.69, 9.17) is 11.0 Å². The van der Waals surface area contributed by atoms with Gasteiger partial charge in [-0.05, 0) is 36.4 Å². The molecule has 0 fully saturated rings. The van der Waals surface area contributed by atoms with Crippen LogP contribution in [0.25, 0.3) is 0 Å². The highest BCUT2D eigenvalue weighted by atomic mass is 19.1. The second kappa shape index (κ2) is 4.72. The summed E-state index contributed by atoms with van der Waals surface area (Å²) in [5.41, 5.74) is 6.90. The van der Waals surface area contributed by atoms with Gasteiger partial charge in [-0.25, -0.2) is 9.37 Å². The number of nitrogen functional groups attached to an aromatic ring is 1. The molecule has 5 heteroatoms. The van der Waals surface area contributed by atoms with Gasteiger partial charge < -0.3 is 10.6 Å². The maximum atomic E-state index is 12.8. The molecular weight excluding hydrogens is 231 g/mol. The molecule has 2 N–H and O–H groups in total. The van der Waals surface area contributed by atoms with Gasteiger partial charge in [0.15, 0.2) is 5.69 Å². The van der Waals surface area contributed by atoms with Crippen LogP contribution in [-0.2, 0) is 0 Å². The Bertz CT molecular complexity index is 601. The second-order valence-electron chi connectivity index (χ2n) is 3.75. The Labute approximate surface area is 104 Å². The molecule has 1 aromatic heterocycles. The number of anilines is 3. The van der Waals surface area contributed by atoms with Gasteiger partial charge in [0.2, 0.25) is 0 Å². The molecule has 1 aromatic carbocycles. The lowest BCUT2D eigenvalue weighted by Gasteiger charge is -2.18. The average Bonchev–Trinajstić information content (AvgIpc) is 2.39. The Morgan fingerprint density at radius 1 is 1.22 bits per heavy atom. The van der Waals surface area contributed by atoms with Crippen LogP contribution in [0.2, 0.25) is 0 Å². The van der Waals surface area contributed by atoms with E-state index in [1.54, 1.807) is 36.2 Å². The van der Waals surface area contributed by atoms with Gasteiger partial charge in [-0.2, -0.15) is 5.26 Å². The van der Waals surface area contributed by atoms with Gasteiger partial charge >= 0.3 is 0 Å². The minimum absolute atomic E-state index is 0.182. The van der Waals surface area contributed by atoms with Crippen molar-refractivity contribution in [3.8, 4) is 6.07 Å². The smallest absolute Gasteiger partial charge is 0.165 e. The number of benzene rings is 1. The quantitative estimate of drug-likeness (QED) is 0.878. The minimum Gasteiger partial charge on any atom is -0.396 e. The number of nitrogens with two attached hydrogens (primary N) is 1. The number of nitrogens with zero attached hydrogens (tertiary/aromatic N) is 3. The SMILES string of the molecule is CN(c1ccc(F)cc1)c1ccc(N)c(C#N)n1. The largest absolute Gasteiger partial charge is 0.396 e. The molecule has 90 valence electrons. The van der Waals surface area contributed by atoms with Crippen molar-refractivity contribution < 1.29 is 4.39 Å². The fourth-order valence-corrected chi connectivity index (χ4v) is 1.53. The van der Waals surface area contributed by atoms with Gasteiger partial charge in [-0.15, -0.1) is 0 Å². The van der Waals surface area contributed by atoms with E-state index >= 15 is 0 Å². The third-order valence-corrected chi connectivity index (χ3v) is 2.58. The lowest BCUT2D eigenvalue weighted by atomic mass is 10.2. The molecule has 0 radical (unpaired) electrons. The van der Waals surface area contributed by atoms with Gasteiger partial charge in [-0.1, -0.05) is 0 Å². The van der Waals surface area contributed by atoms with Crippen LogP contribution in [-0.4, -0.2) is 12.0 Å². The summed E-state index contributed by atoms with van der Waals surface area (Å²) in [7, 11) is 1.78. The van der Waals surface area contributed by atoms with E-state index < -0.39 is 0 Å². The van der Waals surface area contributed by atoms with Crippen molar-refractivity contribution >= 4 is 17.2 Å². The molecule has 0 atom stereocenters. The van der Waals surface area contributed by atoms with Crippen LogP contribution in [0.4, 0.5) is 21.6 Å². The van der Waals surface area contributed by atoms with Crippen LogP contribution < -0.4 is 10.6 Å². The van der Waals surface area contributed by atoms with E-state index in [0.29, 0.717) is 11.5 Å². The molecule has 0 saturated heterocycles. The number of hydrogen-bond acceptors (Lipinski definition) is 4. The van der Waals surface area contributed by atoms with E-state index in [2.05, 4.69) is 4.98 Å². The Balaban J connectivity index is 2.37. The number of aromatic nitrogens is 1. The second-order valence-corrected chi connectivity index (χ2v) is 3.75. The molecule has 4 nitrogen and oxygen atoms in total. The van der Waals surface area contributed by atoms with E-state index in [-0.39, 0.29) is 11.5 Å². The summed E-state index contributed by atoms with van der Waals surface area (Å²) in [5.74, 6) is 0.280. The summed E-state index contributed by atoms with van der Waals surface area (Å²) in [4.78, 5) is 5.89. The summed E-state index contributed by atoms with van der Waals surface area (Å²) < 4.78 is 12.8. The predicted octanol–water partition coefficient (Wildman–Crippen LogP) is 2.44. The van der Waals surface area contributed by atoms with Gasteiger partial charge in [0.1, 0.15) is 17.7 Å². The highest BCUT2D eigenvalue weighted by molar-refractivity contribution is 5.62. The number of hydrogen-bond donors (Lipinski definition) is 1. The molecule has 2 rings (SSSR count). The first kappa shape index (κ1) is 11.9. The van der Waals surface area contributed by atoms with Gasteiger partial charge in [0.05, 0.1) is 5.69 Å². The normalized spacial score (nSPS) is 9.83. The number of nitriles is 1. The Hall–Kier alpha value is -2.61. The lowest BCUT2D eigenvalue weighted by molar-refractivity contribution is 0.628. The Morgan fingerprint density at radius 3 is 2.50 bits per heavy atom. The standard InChI is InChI=1S/C13H11FN4/c1-18(10-4-2-9(14)3-5-10)13-7-6-11(16)12(8-15)17-13/h2-7H,16H2,1H3. The van der Waals surface area contributed by atoms with Gasteiger partial charge in [-0.3, -0.25) is 0 Å². The van der Waals surface area contributed by atoms with Crippen LogP contribution in [0.5, 0.6) is 0 Å². The van der Waals surface area contributed by atoms with Crippen LogP contribution >= 0.6 is 0 Å². The molecule has 0 aliphatic heterocycles. The highest BCUT2D eigenvalue weighted by Crippen LogP contribution is 2.23. The number of rotatable bonds is 2. The summed E-state index contributed by atoms with van der Waals surface area (Å²) in [5, 5.41) is 8.87. The van der Waals surface area contributed by atoms with Crippen molar-refractivity contribution in [2.45, 2.75) is 0 Å². The molecule has 0 aliphatic carbocycles. The first-order valence-corrected chi connectivity index (χ1v) is 5.27. The monoisotopic (exact) mass is 242 g/mol. The van der Waals surface area contributed by atoms with Crippen molar-refractivity contribution in [2.75, 3.05) is 17.7 Å². The summed E-state index contributed by atoms with van der Waals surface area (Å²) >= 11 is 0. The highest BCUT2D eigenvalue weighted by Gasteiger charge is 2.08. The fraction of sp³-hybridized carbons (Fsp3) is 0.0769. The molecule has 2 aromatic rings. The van der Waals surface area contributed by atoms with Crippen LogP contribution in [0, 0.1) is 17.1 Å². The molecule has 0 amide bonds. The Morgan fingerprint density at radius 2 is 1.89 bits per heavy atom. The third-order valence-electron chi connectivity index (χ3n) is 2.58. The Kier molecular flexibility index (Phi) is 3.11. The first-order chi connectivity index (χ1) is 8.61. The minimum atomic E-state index is -0.296. The summed E-state index contributed by atoms with van der Waals surface area (Å²) in [6.07, 6.45) is 0. The molecule has 0 unspecified atom stereocenters.